The van der Waals surface area contributed by atoms with E-state index in [-0.39, 0.29) is 0 Å². The second-order valence-corrected chi connectivity index (χ2v) is 5.92. The van der Waals surface area contributed by atoms with Crippen LogP contribution in [-0.2, 0) is 6.42 Å². The topological polar surface area (TPSA) is 32.3 Å². The van der Waals surface area contributed by atoms with Gasteiger partial charge in [-0.15, -0.1) is 0 Å². The zero-order chi connectivity index (χ0) is 13.7. The Morgan fingerprint density at radius 1 is 1.26 bits per heavy atom. The number of aliphatic hydroxyl groups is 1. The van der Waals surface area contributed by atoms with Gasteiger partial charge >= 0.3 is 0 Å². The van der Waals surface area contributed by atoms with E-state index in [1.165, 1.54) is 24.0 Å². The van der Waals surface area contributed by atoms with Crippen molar-refractivity contribution in [3.63, 3.8) is 0 Å². The first-order chi connectivity index (χ1) is 9.22. The highest BCUT2D eigenvalue weighted by Crippen LogP contribution is 2.34. The molecule has 19 heavy (non-hydrogen) atoms. The van der Waals surface area contributed by atoms with Crippen LogP contribution in [0, 0.1) is 12.8 Å². The van der Waals surface area contributed by atoms with E-state index in [0.29, 0.717) is 18.7 Å². The van der Waals surface area contributed by atoms with Gasteiger partial charge in [-0.25, -0.2) is 0 Å². The van der Waals surface area contributed by atoms with Crippen LogP contribution in [0.3, 0.4) is 0 Å². The van der Waals surface area contributed by atoms with Crippen LogP contribution in [0.15, 0.2) is 24.3 Å². The normalized spacial score (nSPS) is 18.3. The van der Waals surface area contributed by atoms with Gasteiger partial charge in [0.15, 0.2) is 0 Å². The SMILES string of the molecule is CCC(Cc1ccc(C)cc1)NC(CCO)C1CC1. The van der Waals surface area contributed by atoms with Crippen LogP contribution < -0.4 is 5.32 Å². The number of aryl methyl sites for hydroxylation is 1. The van der Waals surface area contributed by atoms with E-state index < -0.39 is 0 Å². The van der Waals surface area contributed by atoms with Gasteiger partial charge < -0.3 is 10.4 Å². The molecule has 0 saturated heterocycles. The summed E-state index contributed by atoms with van der Waals surface area (Å²) in [5.74, 6) is 0.805. The van der Waals surface area contributed by atoms with Gasteiger partial charge in [0.1, 0.15) is 0 Å². The number of rotatable bonds is 8. The molecule has 1 saturated carbocycles. The molecule has 1 aromatic carbocycles. The van der Waals surface area contributed by atoms with Crippen molar-refractivity contribution < 1.29 is 5.11 Å². The Morgan fingerprint density at radius 3 is 2.47 bits per heavy atom. The third-order valence-corrected chi connectivity index (χ3v) is 4.18. The van der Waals surface area contributed by atoms with Crippen LogP contribution >= 0.6 is 0 Å². The van der Waals surface area contributed by atoms with E-state index in [0.717, 1.165) is 25.2 Å². The lowest BCUT2D eigenvalue weighted by Gasteiger charge is -2.25. The van der Waals surface area contributed by atoms with Gasteiger partial charge in [-0.2, -0.15) is 0 Å². The molecule has 0 radical (unpaired) electrons. The summed E-state index contributed by atoms with van der Waals surface area (Å²) in [7, 11) is 0. The maximum Gasteiger partial charge on any atom is 0.0445 e. The van der Waals surface area contributed by atoms with E-state index in [2.05, 4.69) is 43.4 Å². The molecule has 1 aliphatic carbocycles. The predicted molar refractivity (Wildman–Crippen MR) is 80.3 cm³/mol. The second kappa shape index (κ2) is 7.06. The van der Waals surface area contributed by atoms with E-state index in [1.54, 1.807) is 0 Å². The fourth-order valence-corrected chi connectivity index (χ4v) is 2.73. The maximum absolute atomic E-state index is 9.18. The minimum absolute atomic E-state index is 0.301. The number of hydrogen-bond donors (Lipinski definition) is 2. The van der Waals surface area contributed by atoms with Crippen molar-refractivity contribution in [1.82, 2.24) is 5.32 Å². The van der Waals surface area contributed by atoms with Gasteiger partial charge in [-0.1, -0.05) is 36.8 Å². The highest BCUT2D eigenvalue weighted by molar-refractivity contribution is 5.22. The highest BCUT2D eigenvalue weighted by atomic mass is 16.3. The lowest BCUT2D eigenvalue weighted by molar-refractivity contribution is 0.246. The molecule has 0 heterocycles. The van der Waals surface area contributed by atoms with Crippen molar-refractivity contribution in [1.29, 1.82) is 0 Å². The van der Waals surface area contributed by atoms with E-state index in [9.17, 15) is 5.11 Å². The molecular weight excluding hydrogens is 234 g/mol. The summed E-state index contributed by atoms with van der Waals surface area (Å²) in [6.07, 6.45) is 5.79. The van der Waals surface area contributed by atoms with E-state index >= 15 is 0 Å². The smallest absolute Gasteiger partial charge is 0.0445 e. The zero-order valence-electron chi connectivity index (χ0n) is 12.2. The minimum Gasteiger partial charge on any atom is -0.396 e. The Hall–Kier alpha value is -0.860. The van der Waals surface area contributed by atoms with Crippen LogP contribution in [0.2, 0.25) is 0 Å². The number of benzene rings is 1. The van der Waals surface area contributed by atoms with Crippen LogP contribution in [-0.4, -0.2) is 23.8 Å². The molecule has 0 bridgehead atoms. The van der Waals surface area contributed by atoms with Crippen molar-refractivity contribution in [3.05, 3.63) is 35.4 Å². The molecule has 1 fully saturated rings. The molecule has 106 valence electrons. The van der Waals surface area contributed by atoms with Crippen molar-refractivity contribution in [2.24, 2.45) is 5.92 Å². The summed E-state index contributed by atoms with van der Waals surface area (Å²) in [4.78, 5) is 0. The third-order valence-electron chi connectivity index (χ3n) is 4.18. The van der Waals surface area contributed by atoms with Gasteiger partial charge in [0.25, 0.3) is 0 Å². The first-order valence-corrected chi connectivity index (χ1v) is 7.65. The first-order valence-electron chi connectivity index (χ1n) is 7.65. The molecule has 2 atom stereocenters. The van der Waals surface area contributed by atoms with Crippen molar-refractivity contribution >= 4 is 0 Å². The zero-order valence-corrected chi connectivity index (χ0v) is 12.2. The van der Waals surface area contributed by atoms with Crippen LogP contribution in [0.5, 0.6) is 0 Å². The molecule has 0 amide bonds. The second-order valence-electron chi connectivity index (χ2n) is 5.92. The fourth-order valence-electron chi connectivity index (χ4n) is 2.73. The molecule has 0 aromatic heterocycles. The summed E-state index contributed by atoms with van der Waals surface area (Å²) >= 11 is 0. The minimum atomic E-state index is 0.301. The Morgan fingerprint density at radius 2 is 1.95 bits per heavy atom. The molecule has 2 heteroatoms. The first kappa shape index (κ1) is 14.5. The molecule has 2 N–H and O–H groups in total. The molecule has 0 aliphatic heterocycles. The molecule has 2 nitrogen and oxygen atoms in total. The Bertz CT molecular complexity index is 369. The summed E-state index contributed by atoms with van der Waals surface area (Å²) < 4.78 is 0. The Balaban J connectivity index is 1.89. The largest absolute Gasteiger partial charge is 0.396 e. The van der Waals surface area contributed by atoms with Gasteiger partial charge in [-0.05, 0) is 50.5 Å². The fraction of sp³-hybridized carbons (Fsp3) is 0.647. The maximum atomic E-state index is 9.18. The van der Waals surface area contributed by atoms with Crippen molar-refractivity contribution in [2.75, 3.05) is 6.61 Å². The summed E-state index contributed by atoms with van der Waals surface area (Å²) in [5.41, 5.74) is 2.73. The summed E-state index contributed by atoms with van der Waals surface area (Å²) in [6.45, 7) is 4.67. The van der Waals surface area contributed by atoms with E-state index in [1.807, 2.05) is 0 Å². The molecule has 2 rings (SSSR count). The third kappa shape index (κ3) is 4.63. The molecule has 2 unspecified atom stereocenters. The number of hydrogen-bond acceptors (Lipinski definition) is 2. The summed E-state index contributed by atoms with van der Waals surface area (Å²) in [5, 5.41) is 12.9. The molecule has 1 aromatic rings. The monoisotopic (exact) mass is 261 g/mol. The van der Waals surface area contributed by atoms with Gasteiger partial charge in [0.05, 0.1) is 0 Å². The van der Waals surface area contributed by atoms with Gasteiger partial charge in [0.2, 0.25) is 0 Å². The quantitative estimate of drug-likeness (QED) is 0.754. The predicted octanol–water partition coefficient (Wildman–Crippen LogP) is 3.07. The lowest BCUT2D eigenvalue weighted by Crippen LogP contribution is -2.41. The molecule has 0 spiro atoms. The molecule has 1 aliphatic rings. The number of nitrogens with one attached hydrogen (secondary N) is 1. The van der Waals surface area contributed by atoms with Gasteiger partial charge in [0, 0.05) is 18.7 Å². The molecular formula is C17H27NO. The Labute approximate surface area is 117 Å². The average molecular weight is 261 g/mol. The summed E-state index contributed by atoms with van der Waals surface area (Å²) in [6, 6.07) is 9.89. The van der Waals surface area contributed by atoms with Crippen LogP contribution in [0.4, 0.5) is 0 Å². The lowest BCUT2D eigenvalue weighted by atomic mass is 10.00. The average Bonchev–Trinajstić information content (AvgIpc) is 3.24. The highest BCUT2D eigenvalue weighted by Gasteiger charge is 2.31. The van der Waals surface area contributed by atoms with E-state index in [4.69, 9.17) is 0 Å². The van der Waals surface area contributed by atoms with Crippen molar-refractivity contribution in [2.45, 2.75) is 58.0 Å². The number of aliphatic hydroxyl groups excluding tert-OH is 1. The van der Waals surface area contributed by atoms with Gasteiger partial charge in [-0.3, -0.25) is 0 Å². The van der Waals surface area contributed by atoms with Crippen molar-refractivity contribution in [3.8, 4) is 0 Å². The van der Waals surface area contributed by atoms with Crippen LogP contribution in [0.1, 0.15) is 43.7 Å². The Kier molecular flexibility index (Phi) is 5.41. The van der Waals surface area contributed by atoms with Crippen LogP contribution in [0.25, 0.3) is 0 Å². The standard InChI is InChI=1S/C17H27NO/c1-3-16(12-14-6-4-13(2)5-7-14)18-17(10-11-19)15-8-9-15/h4-7,15-19H,3,8-12H2,1-2H3.